The number of carbonyl (C=O) groups is 1. The summed E-state index contributed by atoms with van der Waals surface area (Å²) in [5.41, 5.74) is 0. The summed E-state index contributed by atoms with van der Waals surface area (Å²) in [6.45, 7) is 1.67. The van der Waals surface area contributed by atoms with E-state index in [9.17, 15) is 18.0 Å². The van der Waals surface area contributed by atoms with Gasteiger partial charge in [0.1, 0.15) is 12.6 Å². The highest BCUT2D eigenvalue weighted by Gasteiger charge is 2.45. The Bertz CT molecular complexity index is 577. The number of halogens is 3. The molecule has 128 valence electrons. The molecule has 0 aliphatic carbocycles. The van der Waals surface area contributed by atoms with Gasteiger partial charge in [-0.2, -0.15) is 18.2 Å². The van der Waals surface area contributed by atoms with Gasteiger partial charge in [0.15, 0.2) is 5.82 Å². The lowest BCUT2D eigenvalue weighted by Gasteiger charge is -2.36. The van der Waals surface area contributed by atoms with Crippen molar-refractivity contribution in [2.45, 2.75) is 31.6 Å². The second-order valence-corrected chi connectivity index (χ2v) is 5.69. The third-order valence-corrected chi connectivity index (χ3v) is 4.04. The van der Waals surface area contributed by atoms with E-state index in [4.69, 9.17) is 9.26 Å². The summed E-state index contributed by atoms with van der Waals surface area (Å²) in [4.78, 5) is 19.2. The van der Waals surface area contributed by atoms with E-state index in [1.165, 1.54) is 0 Å². The van der Waals surface area contributed by atoms with Gasteiger partial charge in [0.2, 0.25) is 11.8 Å². The number of alkyl halides is 3. The normalized spacial score (nSPS) is 27.0. The van der Waals surface area contributed by atoms with Gasteiger partial charge in [-0.15, -0.1) is 0 Å². The van der Waals surface area contributed by atoms with E-state index in [-0.39, 0.29) is 13.2 Å². The number of morpholine rings is 1. The predicted octanol–water partition coefficient (Wildman–Crippen LogP) is 0.915. The molecule has 0 saturated carbocycles. The second-order valence-electron chi connectivity index (χ2n) is 5.69. The quantitative estimate of drug-likeness (QED) is 0.818. The lowest BCUT2D eigenvalue weighted by atomic mass is 10.1. The van der Waals surface area contributed by atoms with Crippen LogP contribution < -0.4 is 0 Å². The van der Waals surface area contributed by atoms with Crippen molar-refractivity contribution in [3.63, 3.8) is 0 Å². The largest absolute Gasteiger partial charge is 0.406 e. The molecule has 1 aromatic heterocycles. The molecule has 2 fully saturated rings. The van der Waals surface area contributed by atoms with E-state index >= 15 is 0 Å². The first kappa shape index (κ1) is 16.2. The summed E-state index contributed by atoms with van der Waals surface area (Å²) in [6, 6.07) is -1.02. The first-order valence-corrected chi connectivity index (χ1v) is 7.34. The molecule has 1 amide bonds. The molecule has 2 saturated heterocycles. The fourth-order valence-corrected chi connectivity index (χ4v) is 3.05. The van der Waals surface area contributed by atoms with Crippen LogP contribution in [0.15, 0.2) is 4.52 Å². The average Bonchev–Trinajstić information content (AvgIpc) is 3.05. The monoisotopic (exact) mass is 334 g/mol. The maximum atomic E-state index is 12.5. The molecular formula is C13H17F3N4O3. The van der Waals surface area contributed by atoms with Gasteiger partial charge in [-0.3, -0.25) is 9.69 Å². The highest BCUT2D eigenvalue weighted by atomic mass is 19.4. The SMILES string of the molecule is Cc1noc([C@@H]2COCCN2[C@@H]2CCN(CC(F)(F)F)C2=O)n1. The highest BCUT2D eigenvalue weighted by Crippen LogP contribution is 2.30. The number of nitrogens with zero attached hydrogens (tertiary/aromatic N) is 4. The van der Waals surface area contributed by atoms with E-state index in [2.05, 4.69) is 10.1 Å². The van der Waals surface area contributed by atoms with Crippen LogP contribution in [0.5, 0.6) is 0 Å². The number of rotatable bonds is 3. The maximum Gasteiger partial charge on any atom is 0.406 e. The number of hydrogen-bond acceptors (Lipinski definition) is 6. The second kappa shape index (κ2) is 6.08. The smallest absolute Gasteiger partial charge is 0.378 e. The number of ether oxygens (including phenoxy) is 1. The molecule has 1 aromatic rings. The summed E-state index contributed by atoms with van der Waals surface area (Å²) in [5, 5.41) is 3.72. The Morgan fingerprint density at radius 1 is 1.30 bits per heavy atom. The zero-order valence-corrected chi connectivity index (χ0v) is 12.5. The molecule has 0 unspecified atom stereocenters. The van der Waals surface area contributed by atoms with Crippen LogP contribution in [0.25, 0.3) is 0 Å². The van der Waals surface area contributed by atoms with Crippen molar-refractivity contribution >= 4 is 5.91 Å². The molecule has 2 atom stereocenters. The Hall–Kier alpha value is -1.68. The lowest BCUT2D eigenvalue weighted by Crippen LogP contribution is -2.50. The summed E-state index contributed by atoms with van der Waals surface area (Å²) in [7, 11) is 0. The minimum Gasteiger partial charge on any atom is -0.378 e. The van der Waals surface area contributed by atoms with E-state index in [0.717, 1.165) is 4.90 Å². The third-order valence-electron chi connectivity index (χ3n) is 4.04. The first-order chi connectivity index (χ1) is 10.8. The molecule has 2 aliphatic rings. The molecule has 0 radical (unpaired) electrons. The van der Waals surface area contributed by atoms with E-state index in [0.29, 0.717) is 31.3 Å². The lowest BCUT2D eigenvalue weighted by molar-refractivity contribution is -0.160. The van der Waals surface area contributed by atoms with E-state index in [1.807, 2.05) is 4.90 Å². The average molecular weight is 334 g/mol. The van der Waals surface area contributed by atoms with Crippen molar-refractivity contribution in [2.24, 2.45) is 0 Å². The van der Waals surface area contributed by atoms with Gasteiger partial charge in [0, 0.05) is 13.1 Å². The molecule has 7 nitrogen and oxygen atoms in total. The minimum absolute atomic E-state index is 0.0932. The van der Waals surface area contributed by atoms with Crippen LogP contribution in [-0.2, 0) is 9.53 Å². The molecule has 0 N–H and O–H groups in total. The Labute approximate surface area is 130 Å². The predicted molar refractivity (Wildman–Crippen MR) is 70.3 cm³/mol. The molecule has 10 heteroatoms. The minimum atomic E-state index is -4.39. The summed E-state index contributed by atoms with van der Waals surface area (Å²) in [5.74, 6) is 0.275. The van der Waals surface area contributed by atoms with Crippen molar-refractivity contribution in [3.8, 4) is 0 Å². The van der Waals surface area contributed by atoms with Gasteiger partial charge in [0.05, 0.1) is 19.3 Å². The molecule has 23 heavy (non-hydrogen) atoms. The van der Waals surface area contributed by atoms with Crippen LogP contribution in [0.3, 0.4) is 0 Å². The van der Waals surface area contributed by atoms with Crippen molar-refractivity contribution in [2.75, 3.05) is 32.8 Å². The Morgan fingerprint density at radius 3 is 2.74 bits per heavy atom. The number of hydrogen-bond donors (Lipinski definition) is 0. The van der Waals surface area contributed by atoms with Crippen molar-refractivity contribution in [3.05, 3.63) is 11.7 Å². The third kappa shape index (κ3) is 3.47. The van der Waals surface area contributed by atoms with Gasteiger partial charge in [-0.05, 0) is 13.3 Å². The molecule has 3 heterocycles. The molecule has 3 rings (SSSR count). The summed E-state index contributed by atoms with van der Waals surface area (Å²) < 4.78 is 48.2. The zero-order chi connectivity index (χ0) is 16.6. The van der Waals surface area contributed by atoms with Crippen molar-refractivity contribution < 1.29 is 27.2 Å². The summed E-state index contributed by atoms with van der Waals surface area (Å²) in [6.07, 6.45) is -4.04. The fourth-order valence-electron chi connectivity index (χ4n) is 3.05. The highest BCUT2D eigenvalue weighted by molar-refractivity contribution is 5.84. The van der Waals surface area contributed by atoms with Crippen LogP contribution in [0.4, 0.5) is 13.2 Å². The van der Waals surface area contributed by atoms with Gasteiger partial charge >= 0.3 is 6.18 Å². The summed E-state index contributed by atoms with van der Waals surface area (Å²) >= 11 is 0. The van der Waals surface area contributed by atoms with Crippen molar-refractivity contribution in [1.29, 1.82) is 0 Å². The van der Waals surface area contributed by atoms with Gasteiger partial charge in [-0.1, -0.05) is 5.16 Å². The Morgan fingerprint density at radius 2 is 2.09 bits per heavy atom. The first-order valence-electron chi connectivity index (χ1n) is 7.34. The molecule has 0 spiro atoms. The fraction of sp³-hybridized carbons (Fsp3) is 0.769. The molecular weight excluding hydrogens is 317 g/mol. The van der Waals surface area contributed by atoms with Gasteiger partial charge in [-0.25, -0.2) is 0 Å². The zero-order valence-electron chi connectivity index (χ0n) is 12.5. The number of amides is 1. The van der Waals surface area contributed by atoms with Crippen LogP contribution in [0.1, 0.15) is 24.2 Å². The standard InChI is InChI=1S/C13H17F3N4O3/c1-8-17-11(23-18-8)10-6-22-5-4-20(10)9-2-3-19(12(9)21)7-13(14,15)16/h9-10H,2-7H2,1H3/t9-,10+/m1/s1. The van der Waals surface area contributed by atoms with E-state index < -0.39 is 30.7 Å². The Balaban J connectivity index is 1.75. The van der Waals surface area contributed by atoms with Crippen LogP contribution in [0, 0.1) is 6.92 Å². The van der Waals surface area contributed by atoms with Gasteiger partial charge < -0.3 is 14.2 Å². The topological polar surface area (TPSA) is 71.7 Å². The maximum absolute atomic E-state index is 12.5. The molecule has 0 aromatic carbocycles. The number of aryl methyl sites for hydroxylation is 1. The number of aromatic nitrogens is 2. The van der Waals surface area contributed by atoms with Crippen LogP contribution >= 0.6 is 0 Å². The molecule has 0 bridgehead atoms. The van der Waals surface area contributed by atoms with Crippen molar-refractivity contribution in [1.82, 2.24) is 19.9 Å². The molecule has 2 aliphatic heterocycles. The van der Waals surface area contributed by atoms with Crippen LogP contribution in [-0.4, -0.2) is 70.9 Å². The number of carbonyl (C=O) groups excluding carboxylic acids is 1. The Kier molecular flexibility index (Phi) is 4.28. The van der Waals surface area contributed by atoms with Gasteiger partial charge in [0.25, 0.3) is 0 Å². The van der Waals surface area contributed by atoms with Crippen LogP contribution in [0.2, 0.25) is 0 Å². The van der Waals surface area contributed by atoms with E-state index in [1.54, 1.807) is 6.92 Å². The number of likely N-dealkylation sites (tertiary alicyclic amines) is 1.